The average molecular weight is 259 g/mol. The Morgan fingerprint density at radius 2 is 2.14 bits per heavy atom. The SMILES string of the molecule is CC1=C(N2CCOCC2)C=C(Br)CN1. The molecule has 0 radical (unpaired) electrons. The Balaban J connectivity index is 2.14. The summed E-state index contributed by atoms with van der Waals surface area (Å²) in [7, 11) is 0. The van der Waals surface area contributed by atoms with Gasteiger partial charge in [-0.15, -0.1) is 0 Å². The molecule has 0 amide bonds. The maximum absolute atomic E-state index is 5.34. The van der Waals surface area contributed by atoms with Crippen LogP contribution in [0, 0.1) is 0 Å². The van der Waals surface area contributed by atoms with E-state index < -0.39 is 0 Å². The number of dihydropyridines is 1. The standard InChI is InChI=1S/C10H15BrN2O/c1-8-10(6-9(11)7-12-8)13-2-4-14-5-3-13/h6,12H,2-5,7H2,1H3. The van der Waals surface area contributed by atoms with Gasteiger partial charge in [0.2, 0.25) is 0 Å². The molecule has 2 rings (SSSR count). The lowest BCUT2D eigenvalue weighted by Crippen LogP contribution is -2.38. The van der Waals surface area contributed by atoms with Crippen molar-refractivity contribution in [2.75, 3.05) is 32.8 Å². The molecule has 14 heavy (non-hydrogen) atoms. The molecule has 0 bridgehead atoms. The van der Waals surface area contributed by atoms with Gasteiger partial charge in [0.1, 0.15) is 0 Å². The monoisotopic (exact) mass is 258 g/mol. The lowest BCUT2D eigenvalue weighted by Gasteiger charge is -2.32. The molecule has 4 heteroatoms. The van der Waals surface area contributed by atoms with Gasteiger partial charge in [0, 0.05) is 29.8 Å². The second-order valence-electron chi connectivity index (χ2n) is 3.55. The summed E-state index contributed by atoms with van der Waals surface area (Å²) < 4.78 is 6.55. The van der Waals surface area contributed by atoms with Crippen molar-refractivity contribution in [2.45, 2.75) is 6.92 Å². The van der Waals surface area contributed by atoms with Gasteiger partial charge < -0.3 is 15.0 Å². The van der Waals surface area contributed by atoms with Crippen molar-refractivity contribution in [1.82, 2.24) is 10.2 Å². The fourth-order valence-electron chi connectivity index (χ4n) is 1.75. The van der Waals surface area contributed by atoms with Gasteiger partial charge in [-0.25, -0.2) is 0 Å². The highest BCUT2D eigenvalue weighted by Gasteiger charge is 2.17. The molecule has 0 unspecified atom stereocenters. The molecule has 0 aromatic heterocycles. The summed E-state index contributed by atoms with van der Waals surface area (Å²) in [6.07, 6.45) is 2.21. The Hall–Kier alpha value is -0.480. The first-order valence-electron chi connectivity index (χ1n) is 4.91. The summed E-state index contributed by atoms with van der Waals surface area (Å²) in [5.74, 6) is 0. The topological polar surface area (TPSA) is 24.5 Å². The summed E-state index contributed by atoms with van der Waals surface area (Å²) in [6, 6.07) is 0. The molecule has 1 saturated heterocycles. The zero-order valence-electron chi connectivity index (χ0n) is 8.35. The third-order valence-corrected chi connectivity index (χ3v) is 3.06. The van der Waals surface area contributed by atoms with Crippen molar-refractivity contribution in [2.24, 2.45) is 0 Å². The van der Waals surface area contributed by atoms with Gasteiger partial charge in [0.25, 0.3) is 0 Å². The van der Waals surface area contributed by atoms with Crippen molar-refractivity contribution < 1.29 is 4.74 Å². The maximum atomic E-state index is 5.34. The minimum absolute atomic E-state index is 0.836. The zero-order chi connectivity index (χ0) is 9.97. The fraction of sp³-hybridized carbons (Fsp3) is 0.600. The van der Waals surface area contributed by atoms with Gasteiger partial charge >= 0.3 is 0 Å². The molecular formula is C10H15BrN2O. The Morgan fingerprint density at radius 1 is 1.43 bits per heavy atom. The molecule has 78 valence electrons. The summed E-state index contributed by atoms with van der Waals surface area (Å²) >= 11 is 3.53. The second kappa shape index (κ2) is 4.36. The smallest absolute Gasteiger partial charge is 0.0642 e. The maximum Gasteiger partial charge on any atom is 0.0642 e. The van der Waals surface area contributed by atoms with E-state index in [2.05, 4.69) is 39.1 Å². The number of halogens is 1. The van der Waals surface area contributed by atoms with Gasteiger partial charge in [0.05, 0.1) is 18.9 Å². The number of rotatable bonds is 1. The van der Waals surface area contributed by atoms with Crippen molar-refractivity contribution in [3.05, 3.63) is 22.0 Å². The normalized spacial score (nSPS) is 23.3. The van der Waals surface area contributed by atoms with Crippen LogP contribution in [0.4, 0.5) is 0 Å². The molecule has 2 aliphatic heterocycles. The number of allylic oxidation sites excluding steroid dienone is 2. The number of morpholine rings is 1. The van der Waals surface area contributed by atoms with Crippen molar-refractivity contribution in [3.63, 3.8) is 0 Å². The van der Waals surface area contributed by atoms with E-state index in [-0.39, 0.29) is 0 Å². The third kappa shape index (κ3) is 2.12. The molecule has 2 aliphatic rings. The lowest BCUT2D eigenvalue weighted by molar-refractivity contribution is 0.0546. The van der Waals surface area contributed by atoms with E-state index in [0.29, 0.717) is 0 Å². The highest BCUT2D eigenvalue weighted by Crippen LogP contribution is 2.20. The number of hydrogen-bond donors (Lipinski definition) is 1. The van der Waals surface area contributed by atoms with E-state index in [1.807, 2.05) is 0 Å². The predicted molar refractivity (Wildman–Crippen MR) is 60.1 cm³/mol. The van der Waals surface area contributed by atoms with Crippen LogP contribution in [0.25, 0.3) is 0 Å². The van der Waals surface area contributed by atoms with Crippen LogP contribution < -0.4 is 5.32 Å². The first kappa shape index (κ1) is 10.1. The molecule has 0 spiro atoms. The number of nitrogens with zero attached hydrogens (tertiary/aromatic N) is 1. The fourth-order valence-corrected chi connectivity index (χ4v) is 2.10. The van der Waals surface area contributed by atoms with Crippen molar-refractivity contribution in [1.29, 1.82) is 0 Å². The van der Waals surface area contributed by atoms with Crippen LogP contribution in [0.2, 0.25) is 0 Å². The van der Waals surface area contributed by atoms with Crippen LogP contribution in [0.15, 0.2) is 22.0 Å². The van der Waals surface area contributed by atoms with Crippen LogP contribution in [-0.4, -0.2) is 37.7 Å². The number of hydrogen-bond acceptors (Lipinski definition) is 3. The summed E-state index contributed by atoms with van der Waals surface area (Å²) in [5, 5.41) is 3.36. The molecule has 1 N–H and O–H groups in total. The quantitative estimate of drug-likeness (QED) is 0.771. The molecule has 0 atom stereocenters. The first-order chi connectivity index (χ1) is 6.77. The Bertz CT molecular complexity index is 280. The summed E-state index contributed by atoms with van der Waals surface area (Å²) in [6.45, 7) is 6.68. The average Bonchev–Trinajstić information content (AvgIpc) is 2.23. The molecule has 1 fully saturated rings. The molecule has 3 nitrogen and oxygen atoms in total. The minimum Gasteiger partial charge on any atom is -0.382 e. The Labute approximate surface area is 92.9 Å². The Kier molecular flexibility index (Phi) is 3.13. The van der Waals surface area contributed by atoms with E-state index in [0.717, 1.165) is 32.8 Å². The van der Waals surface area contributed by atoms with Gasteiger partial charge in [-0.1, -0.05) is 15.9 Å². The summed E-state index contributed by atoms with van der Waals surface area (Å²) in [5.41, 5.74) is 2.56. The number of ether oxygens (including phenoxy) is 1. The molecule has 0 saturated carbocycles. The van der Waals surface area contributed by atoms with E-state index >= 15 is 0 Å². The highest BCUT2D eigenvalue weighted by atomic mass is 79.9. The van der Waals surface area contributed by atoms with E-state index in [1.165, 1.54) is 15.9 Å². The Morgan fingerprint density at radius 3 is 2.86 bits per heavy atom. The van der Waals surface area contributed by atoms with Crippen LogP contribution in [-0.2, 0) is 4.74 Å². The van der Waals surface area contributed by atoms with E-state index in [1.54, 1.807) is 0 Å². The third-order valence-electron chi connectivity index (χ3n) is 2.55. The van der Waals surface area contributed by atoms with Crippen LogP contribution in [0.3, 0.4) is 0 Å². The van der Waals surface area contributed by atoms with E-state index in [4.69, 9.17) is 4.74 Å². The van der Waals surface area contributed by atoms with Gasteiger partial charge in [0.15, 0.2) is 0 Å². The molecule has 0 aromatic carbocycles. The van der Waals surface area contributed by atoms with Crippen molar-refractivity contribution >= 4 is 15.9 Å². The van der Waals surface area contributed by atoms with Crippen LogP contribution in [0.5, 0.6) is 0 Å². The molecule has 0 aliphatic carbocycles. The second-order valence-corrected chi connectivity index (χ2v) is 4.57. The first-order valence-corrected chi connectivity index (χ1v) is 5.70. The molecule has 0 aromatic rings. The molecular weight excluding hydrogens is 244 g/mol. The molecule has 2 heterocycles. The van der Waals surface area contributed by atoms with Gasteiger partial charge in [-0.05, 0) is 13.0 Å². The predicted octanol–water partition coefficient (Wildman–Crippen LogP) is 1.43. The van der Waals surface area contributed by atoms with Crippen LogP contribution >= 0.6 is 15.9 Å². The van der Waals surface area contributed by atoms with E-state index in [9.17, 15) is 0 Å². The minimum atomic E-state index is 0.836. The lowest BCUT2D eigenvalue weighted by atomic mass is 10.2. The highest BCUT2D eigenvalue weighted by molar-refractivity contribution is 9.11. The zero-order valence-corrected chi connectivity index (χ0v) is 9.93. The summed E-state index contributed by atoms with van der Waals surface area (Å²) in [4.78, 5) is 2.37. The van der Waals surface area contributed by atoms with Crippen LogP contribution in [0.1, 0.15) is 6.92 Å². The van der Waals surface area contributed by atoms with Crippen molar-refractivity contribution in [3.8, 4) is 0 Å². The number of nitrogens with one attached hydrogen (secondary N) is 1. The van der Waals surface area contributed by atoms with Gasteiger partial charge in [-0.3, -0.25) is 0 Å². The largest absolute Gasteiger partial charge is 0.382 e. The van der Waals surface area contributed by atoms with Gasteiger partial charge in [-0.2, -0.15) is 0 Å².